The summed E-state index contributed by atoms with van der Waals surface area (Å²) in [5, 5.41) is 1.74. The molecule has 0 amide bonds. The van der Waals surface area contributed by atoms with Gasteiger partial charge in [0.05, 0.1) is 6.61 Å². The first-order chi connectivity index (χ1) is 10.2. The highest BCUT2D eigenvalue weighted by molar-refractivity contribution is 5.82. The van der Waals surface area contributed by atoms with Gasteiger partial charge in [0, 0.05) is 24.0 Å². The Bertz CT molecular complexity index is 687. The maximum absolute atomic E-state index is 12.6. The molecule has 0 atom stereocenters. The van der Waals surface area contributed by atoms with Crippen molar-refractivity contribution < 1.29 is 4.74 Å². The second kappa shape index (κ2) is 5.90. The molecule has 21 heavy (non-hydrogen) atoms. The molecule has 0 N–H and O–H groups in total. The summed E-state index contributed by atoms with van der Waals surface area (Å²) in [6.45, 7) is 1.63. The highest BCUT2D eigenvalue weighted by Crippen LogP contribution is 2.37. The van der Waals surface area contributed by atoms with Gasteiger partial charge in [-0.25, -0.2) is 0 Å². The van der Waals surface area contributed by atoms with Crippen molar-refractivity contribution in [1.29, 1.82) is 0 Å². The largest absolute Gasteiger partial charge is 0.479 e. The second-order valence-corrected chi connectivity index (χ2v) is 5.98. The van der Waals surface area contributed by atoms with Gasteiger partial charge >= 0.3 is 0 Å². The number of hydrogen-bond donors (Lipinski definition) is 0. The van der Waals surface area contributed by atoms with Crippen LogP contribution in [0.15, 0.2) is 35.1 Å². The lowest BCUT2D eigenvalue weighted by atomic mass is 10.2. The van der Waals surface area contributed by atoms with Crippen LogP contribution in [-0.2, 0) is 0 Å². The number of rotatable bonds is 6. The van der Waals surface area contributed by atoms with Crippen LogP contribution in [0.2, 0.25) is 0 Å². The molecular weight excluding hydrogens is 264 g/mol. The van der Waals surface area contributed by atoms with Crippen LogP contribution in [0.5, 0.6) is 5.88 Å². The van der Waals surface area contributed by atoms with Gasteiger partial charge in [-0.3, -0.25) is 9.36 Å². The van der Waals surface area contributed by atoms with Gasteiger partial charge < -0.3 is 9.64 Å². The molecule has 4 nitrogen and oxygen atoms in total. The predicted molar refractivity (Wildman–Crippen MR) is 85.1 cm³/mol. The summed E-state index contributed by atoms with van der Waals surface area (Å²) < 4.78 is 7.76. The lowest BCUT2D eigenvalue weighted by molar-refractivity contribution is 0.260. The lowest BCUT2D eigenvalue weighted by Gasteiger charge is -2.15. The Hall–Kier alpha value is -1.81. The Morgan fingerprint density at radius 2 is 2.05 bits per heavy atom. The van der Waals surface area contributed by atoms with E-state index < -0.39 is 0 Å². The van der Waals surface area contributed by atoms with Crippen molar-refractivity contribution in [3.8, 4) is 5.88 Å². The Morgan fingerprint density at radius 1 is 1.29 bits per heavy atom. The Kier molecular flexibility index (Phi) is 3.97. The summed E-state index contributed by atoms with van der Waals surface area (Å²) in [5.74, 6) is 0.722. The second-order valence-electron chi connectivity index (χ2n) is 5.98. The zero-order chi connectivity index (χ0) is 14.8. The fourth-order valence-corrected chi connectivity index (χ4v) is 2.60. The van der Waals surface area contributed by atoms with E-state index in [2.05, 4.69) is 19.0 Å². The van der Waals surface area contributed by atoms with Gasteiger partial charge in [0.1, 0.15) is 0 Å². The van der Waals surface area contributed by atoms with Gasteiger partial charge in [0.25, 0.3) is 5.56 Å². The summed E-state index contributed by atoms with van der Waals surface area (Å²) in [6, 6.07) is 10.1. The van der Waals surface area contributed by atoms with Crippen molar-refractivity contribution in [2.75, 3.05) is 27.2 Å². The molecule has 2 aromatic rings. The van der Waals surface area contributed by atoms with Gasteiger partial charge in [-0.15, -0.1) is 0 Å². The minimum Gasteiger partial charge on any atom is -0.479 e. The number of benzene rings is 1. The predicted octanol–water partition coefficient (Wildman–Crippen LogP) is 2.67. The van der Waals surface area contributed by atoms with Gasteiger partial charge in [0.2, 0.25) is 0 Å². The normalized spacial score (nSPS) is 14.8. The van der Waals surface area contributed by atoms with Crippen molar-refractivity contribution in [3.05, 3.63) is 40.7 Å². The third-order valence-corrected chi connectivity index (χ3v) is 3.84. The van der Waals surface area contributed by atoms with E-state index in [9.17, 15) is 4.79 Å². The molecule has 1 fully saturated rings. The first-order valence-electron chi connectivity index (χ1n) is 7.58. The molecule has 0 saturated heterocycles. The zero-order valence-corrected chi connectivity index (χ0v) is 12.7. The van der Waals surface area contributed by atoms with Crippen LogP contribution in [0.1, 0.15) is 25.3 Å². The molecule has 1 saturated carbocycles. The fourth-order valence-electron chi connectivity index (χ4n) is 2.60. The van der Waals surface area contributed by atoms with E-state index in [1.807, 2.05) is 34.9 Å². The molecule has 0 aliphatic heterocycles. The Balaban J connectivity index is 1.89. The maximum Gasteiger partial charge on any atom is 0.261 e. The summed E-state index contributed by atoms with van der Waals surface area (Å²) in [7, 11) is 4.10. The molecule has 112 valence electrons. The maximum atomic E-state index is 12.6. The summed E-state index contributed by atoms with van der Waals surface area (Å²) >= 11 is 0. The molecule has 0 radical (unpaired) electrons. The molecule has 0 spiro atoms. The molecule has 0 bridgehead atoms. The molecule has 1 aromatic carbocycles. The van der Waals surface area contributed by atoms with E-state index in [0.29, 0.717) is 12.6 Å². The average Bonchev–Trinajstić information content (AvgIpc) is 3.28. The molecule has 1 heterocycles. The van der Waals surface area contributed by atoms with Gasteiger partial charge in [-0.2, -0.15) is 0 Å². The van der Waals surface area contributed by atoms with Gasteiger partial charge in [-0.1, -0.05) is 18.2 Å². The van der Waals surface area contributed by atoms with Gasteiger partial charge in [0.15, 0.2) is 5.88 Å². The Labute approximate surface area is 124 Å². The minimum absolute atomic E-state index is 0.0817. The van der Waals surface area contributed by atoms with E-state index in [4.69, 9.17) is 4.74 Å². The molecule has 1 aromatic heterocycles. The first kappa shape index (κ1) is 14.1. The average molecular weight is 286 g/mol. The van der Waals surface area contributed by atoms with Crippen LogP contribution in [0.3, 0.4) is 0 Å². The van der Waals surface area contributed by atoms with Crippen molar-refractivity contribution in [2.24, 2.45) is 0 Å². The standard InChI is InChI=1S/C17H22N2O2/c1-18(2)10-5-11-21-16-12-13-6-3-4-7-15(13)17(20)19(16)14-8-9-14/h3-4,6-7,12,14H,5,8-11H2,1-2H3. The third-order valence-electron chi connectivity index (χ3n) is 3.84. The summed E-state index contributed by atoms with van der Waals surface area (Å²) in [6.07, 6.45) is 3.11. The number of ether oxygens (including phenoxy) is 1. The van der Waals surface area contributed by atoms with Crippen LogP contribution in [0.25, 0.3) is 10.8 Å². The van der Waals surface area contributed by atoms with Gasteiger partial charge in [-0.05, 0) is 44.8 Å². The van der Waals surface area contributed by atoms with Crippen molar-refractivity contribution >= 4 is 10.8 Å². The van der Waals surface area contributed by atoms with Crippen LogP contribution in [0, 0.1) is 0 Å². The molecule has 4 heteroatoms. The van der Waals surface area contributed by atoms with E-state index >= 15 is 0 Å². The van der Waals surface area contributed by atoms with E-state index in [1.54, 1.807) is 0 Å². The lowest BCUT2D eigenvalue weighted by Crippen LogP contribution is -2.22. The van der Waals surface area contributed by atoms with Crippen LogP contribution in [0.4, 0.5) is 0 Å². The van der Waals surface area contributed by atoms with Crippen molar-refractivity contribution in [2.45, 2.75) is 25.3 Å². The minimum atomic E-state index is 0.0817. The fraction of sp³-hybridized carbons (Fsp3) is 0.471. The molecule has 1 aliphatic carbocycles. The molecule has 0 unspecified atom stereocenters. The number of hydrogen-bond acceptors (Lipinski definition) is 3. The quantitative estimate of drug-likeness (QED) is 0.766. The molecule has 3 rings (SSSR count). The number of aromatic nitrogens is 1. The van der Waals surface area contributed by atoms with E-state index in [-0.39, 0.29) is 5.56 Å². The first-order valence-corrected chi connectivity index (χ1v) is 7.58. The monoisotopic (exact) mass is 286 g/mol. The SMILES string of the molecule is CN(C)CCCOc1cc2ccccc2c(=O)n1C1CC1. The number of nitrogens with zero attached hydrogens (tertiary/aromatic N) is 2. The molecular formula is C17H22N2O2. The topological polar surface area (TPSA) is 34.5 Å². The highest BCUT2D eigenvalue weighted by atomic mass is 16.5. The number of pyridine rings is 1. The molecule has 1 aliphatic rings. The third kappa shape index (κ3) is 3.10. The zero-order valence-electron chi connectivity index (χ0n) is 12.7. The smallest absolute Gasteiger partial charge is 0.261 e. The van der Waals surface area contributed by atoms with E-state index in [1.165, 1.54) is 0 Å². The van der Waals surface area contributed by atoms with Crippen molar-refractivity contribution in [1.82, 2.24) is 9.47 Å². The van der Waals surface area contributed by atoms with Crippen LogP contribution < -0.4 is 10.3 Å². The summed E-state index contributed by atoms with van der Waals surface area (Å²) in [5.41, 5.74) is 0.0817. The van der Waals surface area contributed by atoms with Crippen molar-refractivity contribution in [3.63, 3.8) is 0 Å². The van der Waals surface area contributed by atoms with E-state index in [0.717, 1.165) is 42.5 Å². The van der Waals surface area contributed by atoms with Crippen LogP contribution in [-0.4, -0.2) is 36.7 Å². The number of fused-ring (bicyclic) bond motifs is 1. The van der Waals surface area contributed by atoms with Crippen LogP contribution >= 0.6 is 0 Å². The summed E-state index contributed by atoms with van der Waals surface area (Å²) in [4.78, 5) is 14.8. The highest BCUT2D eigenvalue weighted by Gasteiger charge is 2.28. The Morgan fingerprint density at radius 3 is 2.76 bits per heavy atom.